The van der Waals surface area contributed by atoms with E-state index in [1.165, 1.54) is 0 Å². The van der Waals surface area contributed by atoms with Gasteiger partial charge in [0.2, 0.25) is 6.10 Å². The van der Waals surface area contributed by atoms with Crippen LogP contribution in [-0.2, 0) is 9.47 Å². The van der Waals surface area contributed by atoms with Crippen LogP contribution in [0, 0.1) is 0 Å². The summed E-state index contributed by atoms with van der Waals surface area (Å²) in [6.45, 7) is -2.55. The minimum Gasteiger partial charge on any atom is -0.336 e. The average Bonchev–Trinajstić information content (AvgIpc) is 2.07. The first kappa shape index (κ1) is 20.1. The van der Waals surface area contributed by atoms with E-state index in [2.05, 4.69) is 9.47 Å². The van der Waals surface area contributed by atoms with Crippen LogP contribution in [0.3, 0.4) is 0 Å². The van der Waals surface area contributed by atoms with Crippen LogP contribution in [0.2, 0.25) is 0 Å². The van der Waals surface area contributed by atoms with Gasteiger partial charge < -0.3 is 9.47 Å². The summed E-state index contributed by atoms with van der Waals surface area (Å²) < 4.78 is 139. The molecular formula is C8H7F11O2. The molecule has 0 aliphatic rings. The highest BCUT2D eigenvalue weighted by atomic mass is 19.4. The fraction of sp³-hybridized carbons (Fsp3) is 1.00. The first-order valence-electron chi connectivity index (χ1n) is 4.78. The molecule has 0 aromatic rings. The number of ether oxygens (including phenoxy) is 2. The van der Waals surface area contributed by atoms with E-state index in [9.17, 15) is 48.3 Å². The molecule has 0 N–H and O–H groups in total. The minimum absolute atomic E-state index is 0.268. The van der Waals surface area contributed by atoms with Crippen molar-refractivity contribution < 1.29 is 57.8 Å². The van der Waals surface area contributed by atoms with E-state index in [0.29, 0.717) is 0 Å². The molecule has 1 unspecified atom stereocenters. The van der Waals surface area contributed by atoms with Gasteiger partial charge in [0.05, 0.1) is 0 Å². The predicted molar refractivity (Wildman–Crippen MR) is 43.4 cm³/mol. The van der Waals surface area contributed by atoms with Gasteiger partial charge in [-0.2, -0.15) is 39.5 Å². The van der Waals surface area contributed by atoms with Gasteiger partial charge in [-0.05, 0) is 0 Å². The van der Waals surface area contributed by atoms with Crippen LogP contribution in [0.15, 0.2) is 0 Å². The van der Waals surface area contributed by atoms with Crippen LogP contribution < -0.4 is 0 Å². The lowest BCUT2D eigenvalue weighted by molar-refractivity contribution is -0.354. The average molecular weight is 344 g/mol. The summed E-state index contributed by atoms with van der Waals surface area (Å²) in [6, 6.07) is 0. The molecule has 0 amide bonds. The third kappa shape index (κ3) is 6.63. The van der Waals surface area contributed by atoms with Gasteiger partial charge in [-0.3, -0.25) is 0 Å². The molecule has 0 fully saturated rings. The summed E-state index contributed by atoms with van der Waals surface area (Å²) in [6.07, 6.45) is -26.1. The molecule has 0 heterocycles. The smallest absolute Gasteiger partial charge is 0.336 e. The van der Waals surface area contributed by atoms with E-state index in [-0.39, 0.29) is 6.92 Å². The standard InChI is InChI=1S/C8H7F11O2/c1-5(9,10)3(6(11,12)13)20-2-21-4(7(14,15)16)8(17,18)19/h3-4H,2H2,1H3. The molecule has 0 saturated carbocycles. The van der Waals surface area contributed by atoms with Crippen LogP contribution in [0.1, 0.15) is 6.92 Å². The van der Waals surface area contributed by atoms with Crippen molar-refractivity contribution in [2.75, 3.05) is 6.79 Å². The Morgan fingerprint density at radius 2 is 0.905 bits per heavy atom. The SMILES string of the molecule is CC(F)(F)C(OCOC(C(F)(F)F)C(F)(F)F)C(F)(F)F. The zero-order valence-electron chi connectivity index (χ0n) is 9.84. The second kappa shape index (κ2) is 6.10. The van der Waals surface area contributed by atoms with Gasteiger partial charge in [-0.25, -0.2) is 8.78 Å². The van der Waals surface area contributed by atoms with Crippen LogP contribution in [0.5, 0.6) is 0 Å². The number of hydrogen-bond acceptors (Lipinski definition) is 2. The van der Waals surface area contributed by atoms with Gasteiger partial charge in [-0.15, -0.1) is 0 Å². The largest absolute Gasteiger partial charge is 0.423 e. The maximum Gasteiger partial charge on any atom is 0.423 e. The molecular weight excluding hydrogens is 337 g/mol. The summed E-state index contributed by atoms with van der Waals surface area (Å²) in [4.78, 5) is 0. The normalized spacial score (nSPS) is 16.4. The third-order valence-electron chi connectivity index (χ3n) is 1.82. The van der Waals surface area contributed by atoms with Crippen LogP contribution in [0.4, 0.5) is 48.3 Å². The van der Waals surface area contributed by atoms with Crippen LogP contribution >= 0.6 is 0 Å². The Bertz CT molecular complexity index is 263. The molecule has 2 nitrogen and oxygen atoms in total. The number of hydrogen-bond donors (Lipinski definition) is 0. The Labute approximate surface area is 109 Å². The summed E-state index contributed by atoms with van der Waals surface area (Å²) in [7, 11) is 0. The Morgan fingerprint density at radius 3 is 1.14 bits per heavy atom. The quantitative estimate of drug-likeness (QED) is 0.553. The second-order valence-corrected chi connectivity index (χ2v) is 3.79. The van der Waals surface area contributed by atoms with E-state index in [1.807, 2.05) is 0 Å². The zero-order chi connectivity index (χ0) is 17.3. The maximum atomic E-state index is 12.5. The molecule has 0 bridgehead atoms. The summed E-state index contributed by atoms with van der Waals surface area (Å²) in [5.41, 5.74) is 0. The molecule has 0 aliphatic heterocycles. The highest BCUT2D eigenvalue weighted by molar-refractivity contribution is 4.80. The second-order valence-electron chi connectivity index (χ2n) is 3.79. The number of halogens is 11. The topological polar surface area (TPSA) is 18.5 Å². The summed E-state index contributed by atoms with van der Waals surface area (Å²) >= 11 is 0. The Kier molecular flexibility index (Phi) is 5.86. The first-order valence-corrected chi connectivity index (χ1v) is 4.78. The van der Waals surface area contributed by atoms with Gasteiger partial charge in [0.1, 0.15) is 6.79 Å². The fourth-order valence-corrected chi connectivity index (χ4v) is 1.08. The van der Waals surface area contributed by atoms with Crippen molar-refractivity contribution in [1.29, 1.82) is 0 Å². The molecule has 0 aromatic carbocycles. The fourth-order valence-electron chi connectivity index (χ4n) is 1.08. The minimum atomic E-state index is -6.00. The molecule has 0 saturated heterocycles. The van der Waals surface area contributed by atoms with Gasteiger partial charge in [-0.1, -0.05) is 0 Å². The lowest BCUT2D eigenvalue weighted by atomic mass is 10.2. The number of rotatable bonds is 5. The molecule has 0 spiro atoms. The van der Waals surface area contributed by atoms with Crippen molar-refractivity contribution in [3.8, 4) is 0 Å². The first-order chi connectivity index (χ1) is 8.97. The molecule has 0 aliphatic carbocycles. The number of alkyl halides is 11. The van der Waals surface area contributed by atoms with Crippen molar-refractivity contribution in [3.05, 3.63) is 0 Å². The van der Waals surface area contributed by atoms with Gasteiger partial charge in [0.25, 0.3) is 12.0 Å². The van der Waals surface area contributed by atoms with E-state index < -0.39 is 43.5 Å². The van der Waals surface area contributed by atoms with E-state index in [0.717, 1.165) is 0 Å². The Hall–Kier alpha value is -0.850. The van der Waals surface area contributed by atoms with Crippen LogP contribution in [-0.4, -0.2) is 43.5 Å². The van der Waals surface area contributed by atoms with Crippen molar-refractivity contribution in [3.63, 3.8) is 0 Å². The molecule has 13 heteroatoms. The lowest BCUT2D eigenvalue weighted by Gasteiger charge is -2.28. The Balaban J connectivity index is 4.84. The maximum absolute atomic E-state index is 12.5. The van der Waals surface area contributed by atoms with Crippen molar-refractivity contribution in [2.24, 2.45) is 0 Å². The lowest BCUT2D eigenvalue weighted by Crippen LogP contribution is -2.48. The molecule has 0 radical (unpaired) electrons. The van der Waals surface area contributed by atoms with Gasteiger partial charge in [0.15, 0.2) is 0 Å². The van der Waals surface area contributed by atoms with Crippen molar-refractivity contribution >= 4 is 0 Å². The monoisotopic (exact) mass is 344 g/mol. The molecule has 0 aromatic heterocycles. The molecule has 0 rings (SSSR count). The Morgan fingerprint density at radius 1 is 0.619 bits per heavy atom. The highest BCUT2D eigenvalue weighted by Gasteiger charge is 2.59. The summed E-state index contributed by atoms with van der Waals surface area (Å²) in [5.74, 6) is -4.59. The van der Waals surface area contributed by atoms with E-state index >= 15 is 0 Å². The van der Waals surface area contributed by atoms with Gasteiger partial charge in [0, 0.05) is 6.92 Å². The third-order valence-corrected chi connectivity index (χ3v) is 1.82. The molecule has 21 heavy (non-hydrogen) atoms. The van der Waals surface area contributed by atoms with Crippen molar-refractivity contribution in [2.45, 2.75) is 43.6 Å². The summed E-state index contributed by atoms with van der Waals surface area (Å²) in [5, 5.41) is 0. The highest BCUT2D eigenvalue weighted by Crippen LogP contribution is 2.37. The zero-order valence-corrected chi connectivity index (χ0v) is 9.84. The van der Waals surface area contributed by atoms with Gasteiger partial charge >= 0.3 is 18.5 Å². The molecule has 1 atom stereocenters. The van der Waals surface area contributed by atoms with E-state index in [4.69, 9.17) is 0 Å². The van der Waals surface area contributed by atoms with E-state index in [1.54, 1.807) is 0 Å². The predicted octanol–water partition coefficient (Wildman–Crippen LogP) is 4.06. The van der Waals surface area contributed by atoms with Crippen LogP contribution in [0.25, 0.3) is 0 Å². The van der Waals surface area contributed by atoms with Crippen molar-refractivity contribution in [1.82, 2.24) is 0 Å². The molecule has 128 valence electrons.